The molecule has 1 heterocycles. The van der Waals surface area contributed by atoms with E-state index in [0.29, 0.717) is 11.1 Å². The van der Waals surface area contributed by atoms with Crippen LogP contribution in [0.4, 0.5) is 0 Å². The van der Waals surface area contributed by atoms with Crippen LogP contribution in [0.25, 0.3) is 32.9 Å². The number of aromatic nitrogens is 1. The van der Waals surface area contributed by atoms with Crippen LogP contribution in [0.2, 0.25) is 0 Å². The van der Waals surface area contributed by atoms with Gasteiger partial charge in [-0.3, -0.25) is 4.79 Å². The Labute approximate surface area is 207 Å². The standard InChI is InChI=1S/C30H19NO4S/c32-28(24-16-14-20-8-4-6-10-22(20)18-24)27-30(36(33,34)26-12-2-1-3-13-26)29(35-31-27)25-17-15-21-9-5-7-11-23(21)19-25/h1-19H. The van der Waals surface area contributed by atoms with E-state index in [-0.39, 0.29) is 21.2 Å². The molecule has 0 aliphatic carbocycles. The lowest BCUT2D eigenvalue weighted by Gasteiger charge is -2.08. The molecule has 6 rings (SSSR count). The molecule has 0 fully saturated rings. The molecule has 6 heteroatoms. The van der Waals surface area contributed by atoms with Crippen LogP contribution in [-0.4, -0.2) is 19.4 Å². The molecule has 0 N–H and O–H groups in total. The van der Waals surface area contributed by atoms with Crippen LogP contribution < -0.4 is 0 Å². The van der Waals surface area contributed by atoms with Gasteiger partial charge in [-0.25, -0.2) is 8.42 Å². The summed E-state index contributed by atoms with van der Waals surface area (Å²) in [5.74, 6) is -0.486. The average Bonchev–Trinajstić information content (AvgIpc) is 3.39. The number of nitrogens with zero attached hydrogens (tertiary/aromatic N) is 1. The maximum atomic E-state index is 13.9. The first-order chi connectivity index (χ1) is 17.5. The van der Waals surface area contributed by atoms with E-state index in [2.05, 4.69) is 5.16 Å². The van der Waals surface area contributed by atoms with E-state index < -0.39 is 15.6 Å². The fourth-order valence-corrected chi connectivity index (χ4v) is 5.91. The maximum Gasteiger partial charge on any atom is 0.216 e. The Bertz CT molecular complexity index is 1870. The summed E-state index contributed by atoms with van der Waals surface area (Å²) >= 11 is 0. The van der Waals surface area contributed by atoms with E-state index in [4.69, 9.17) is 4.52 Å². The molecule has 0 bridgehead atoms. The fourth-order valence-electron chi connectivity index (χ4n) is 4.37. The number of sulfone groups is 1. The average molecular weight is 490 g/mol. The molecule has 0 atom stereocenters. The summed E-state index contributed by atoms with van der Waals surface area (Å²) in [6, 6.07) is 34.1. The van der Waals surface area contributed by atoms with Gasteiger partial charge in [-0.2, -0.15) is 0 Å². The van der Waals surface area contributed by atoms with Gasteiger partial charge in [-0.1, -0.05) is 96.2 Å². The molecule has 5 aromatic carbocycles. The Balaban J connectivity index is 1.57. The number of ketones is 1. The third-order valence-electron chi connectivity index (χ3n) is 6.21. The lowest BCUT2D eigenvalue weighted by molar-refractivity contribution is 0.102. The summed E-state index contributed by atoms with van der Waals surface area (Å²) < 4.78 is 33.4. The highest BCUT2D eigenvalue weighted by Crippen LogP contribution is 2.36. The first-order valence-electron chi connectivity index (χ1n) is 11.3. The quantitative estimate of drug-likeness (QED) is 0.252. The Hall–Kier alpha value is -4.55. The normalized spacial score (nSPS) is 11.7. The zero-order valence-electron chi connectivity index (χ0n) is 19.0. The predicted octanol–water partition coefficient (Wildman–Crippen LogP) is 6.71. The summed E-state index contributed by atoms with van der Waals surface area (Å²) in [6.07, 6.45) is 0. The van der Waals surface area contributed by atoms with Crippen molar-refractivity contribution >= 4 is 37.2 Å². The number of fused-ring (bicyclic) bond motifs is 2. The molecular formula is C30H19NO4S. The van der Waals surface area contributed by atoms with Crippen molar-refractivity contribution in [2.75, 3.05) is 0 Å². The predicted molar refractivity (Wildman–Crippen MR) is 139 cm³/mol. The molecule has 0 aliphatic heterocycles. The highest BCUT2D eigenvalue weighted by Gasteiger charge is 2.34. The largest absolute Gasteiger partial charge is 0.354 e. The van der Waals surface area contributed by atoms with Crippen molar-refractivity contribution in [3.8, 4) is 11.3 Å². The van der Waals surface area contributed by atoms with Gasteiger partial charge < -0.3 is 4.52 Å². The van der Waals surface area contributed by atoms with Gasteiger partial charge >= 0.3 is 0 Å². The molecule has 1 aromatic heterocycles. The third kappa shape index (κ3) is 3.68. The summed E-state index contributed by atoms with van der Waals surface area (Å²) in [7, 11) is -4.13. The van der Waals surface area contributed by atoms with Gasteiger partial charge in [-0.05, 0) is 45.8 Å². The molecule has 0 saturated heterocycles. The lowest BCUT2D eigenvalue weighted by Crippen LogP contribution is -2.11. The monoisotopic (exact) mass is 489 g/mol. The van der Waals surface area contributed by atoms with Crippen molar-refractivity contribution in [2.24, 2.45) is 0 Å². The van der Waals surface area contributed by atoms with E-state index in [1.165, 1.54) is 12.1 Å². The molecule has 0 radical (unpaired) electrons. The Morgan fingerprint density at radius 2 is 1.22 bits per heavy atom. The first-order valence-corrected chi connectivity index (χ1v) is 12.8. The Morgan fingerprint density at radius 3 is 1.92 bits per heavy atom. The van der Waals surface area contributed by atoms with Crippen molar-refractivity contribution in [1.29, 1.82) is 0 Å². The van der Waals surface area contributed by atoms with E-state index in [9.17, 15) is 13.2 Å². The topological polar surface area (TPSA) is 77.2 Å². The molecular weight excluding hydrogens is 470 g/mol. The highest BCUT2D eigenvalue weighted by molar-refractivity contribution is 7.91. The molecule has 0 amide bonds. The molecule has 0 aliphatic rings. The summed E-state index contributed by atoms with van der Waals surface area (Å²) in [5.41, 5.74) is 0.613. The van der Waals surface area contributed by atoms with Gasteiger partial charge in [0.15, 0.2) is 16.3 Å². The minimum absolute atomic E-state index is 0.0359. The maximum absolute atomic E-state index is 13.9. The smallest absolute Gasteiger partial charge is 0.216 e. The van der Waals surface area contributed by atoms with Crippen LogP contribution in [0.5, 0.6) is 0 Å². The summed E-state index contributed by atoms with van der Waals surface area (Å²) in [4.78, 5) is 13.5. The van der Waals surface area contributed by atoms with Gasteiger partial charge in [0.25, 0.3) is 0 Å². The zero-order chi connectivity index (χ0) is 24.7. The number of carbonyl (C=O) groups excluding carboxylic acids is 1. The minimum Gasteiger partial charge on any atom is -0.354 e. The van der Waals surface area contributed by atoms with Crippen LogP contribution in [0.1, 0.15) is 16.1 Å². The lowest BCUT2D eigenvalue weighted by atomic mass is 10.0. The molecule has 0 spiro atoms. The van der Waals surface area contributed by atoms with Gasteiger partial charge in [0, 0.05) is 11.1 Å². The van der Waals surface area contributed by atoms with Crippen molar-refractivity contribution < 1.29 is 17.7 Å². The van der Waals surface area contributed by atoms with Crippen molar-refractivity contribution in [1.82, 2.24) is 5.16 Å². The molecule has 5 nitrogen and oxygen atoms in total. The fraction of sp³-hybridized carbons (Fsp3) is 0. The molecule has 36 heavy (non-hydrogen) atoms. The number of carbonyl (C=O) groups is 1. The van der Waals surface area contributed by atoms with E-state index >= 15 is 0 Å². The SMILES string of the molecule is O=C(c1ccc2ccccc2c1)c1noc(-c2ccc3ccccc3c2)c1S(=O)(=O)c1ccccc1. The van der Waals surface area contributed by atoms with E-state index in [0.717, 1.165) is 21.5 Å². The summed E-state index contributed by atoms with van der Waals surface area (Å²) in [6.45, 7) is 0. The van der Waals surface area contributed by atoms with E-state index in [1.54, 1.807) is 36.4 Å². The van der Waals surface area contributed by atoms with Crippen LogP contribution in [-0.2, 0) is 9.84 Å². The van der Waals surface area contributed by atoms with Crippen molar-refractivity contribution in [3.05, 3.63) is 127 Å². The molecule has 6 aromatic rings. The van der Waals surface area contributed by atoms with Crippen molar-refractivity contribution in [3.63, 3.8) is 0 Å². The Morgan fingerprint density at radius 1 is 0.639 bits per heavy atom. The van der Waals surface area contributed by atoms with Crippen molar-refractivity contribution in [2.45, 2.75) is 9.79 Å². The van der Waals surface area contributed by atoms with Gasteiger partial charge in [-0.15, -0.1) is 0 Å². The molecule has 0 saturated carbocycles. The first kappa shape index (κ1) is 21.9. The molecule has 174 valence electrons. The second kappa shape index (κ2) is 8.59. The number of rotatable bonds is 5. The molecule has 0 unspecified atom stereocenters. The van der Waals surface area contributed by atoms with E-state index in [1.807, 2.05) is 66.7 Å². The van der Waals surface area contributed by atoms with Crippen LogP contribution >= 0.6 is 0 Å². The van der Waals surface area contributed by atoms with Crippen LogP contribution in [0.3, 0.4) is 0 Å². The summed E-state index contributed by atoms with van der Waals surface area (Å²) in [5, 5.41) is 7.78. The van der Waals surface area contributed by atoms with Gasteiger partial charge in [0.1, 0.15) is 0 Å². The van der Waals surface area contributed by atoms with Crippen LogP contribution in [0.15, 0.2) is 130 Å². The van der Waals surface area contributed by atoms with Gasteiger partial charge in [0.05, 0.1) is 4.90 Å². The third-order valence-corrected chi connectivity index (χ3v) is 8.02. The Kier molecular flexibility index (Phi) is 5.24. The van der Waals surface area contributed by atoms with Gasteiger partial charge in [0.2, 0.25) is 15.6 Å². The zero-order valence-corrected chi connectivity index (χ0v) is 19.8. The highest BCUT2D eigenvalue weighted by atomic mass is 32.2. The second-order valence-electron chi connectivity index (χ2n) is 8.46. The number of benzene rings is 5. The number of hydrogen-bond acceptors (Lipinski definition) is 5. The minimum atomic E-state index is -4.13. The van der Waals surface area contributed by atoms with Crippen LogP contribution in [0, 0.1) is 0 Å². The second-order valence-corrected chi connectivity index (χ2v) is 10.3. The number of hydrogen-bond donors (Lipinski definition) is 0.